The van der Waals surface area contributed by atoms with Gasteiger partial charge in [-0.2, -0.15) is 0 Å². The summed E-state index contributed by atoms with van der Waals surface area (Å²) in [6.07, 6.45) is 6.77. The first-order valence-electron chi connectivity index (χ1n) is 2.38. The Morgan fingerprint density at radius 1 is 1.50 bits per heavy atom. The fourth-order valence-corrected chi connectivity index (χ4v) is 1.41. The maximum Gasteiger partial charge on any atom is 0.406 e. The lowest BCUT2D eigenvalue weighted by Crippen LogP contribution is -1.73. The van der Waals surface area contributed by atoms with Gasteiger partial charge in [-0.15, -0.1) is 0 Å². The fourth-order valence-electron chi connectivity index (χ4n) is 0.524. The molecule has 40 valence electrons. The minimum Gasteiger partial charge on any atom is -0.0726 e. The van der Waals surface area contributed by atoms with Crippen molar-refractivity contribution in [1.82, 2.24) is 0 Å². The molecule has 0 saturated carbocycles. The Labute approximate surface area is 49.3 Å². The summed E-state index contributed by atoms with van der Waals surface area (Å²) in [6.45, 7) is 0. The summed E-state index contributed by atoms with van der Waals surface area (Å²) < 4.78 is 3.17. The Hall–Kier alpha value is -0.670. The van der Waals surface area contributed by atoms with Gasteiger partial charge in [0.2, 0.25) is 5.39 Å². The van der Waals surface area contributed by atoms with E-state index in [1.54, 1.807) is 0 Å². The summed E-state index contributed by atoms with van der Waals surface area (Å²) >= 11 is 0. The molecule has 0 aliphatic carbocycles. The van der Waals surface area contributed by atoms with Crippen molar-refractivity contribution >= 4 is 8.07 Å². The van der Waals surface area contributed by atoms with Gasteiger partial charge in [0.15, 0.2) is 0 Å². The Bertz CT molecular complexity index is 166. The molecule has 1 aliphatic rings. The lowest BCUT2D eigenvalue weighted by Gasteiger charge is -1.86. The van der Waals surface area contributed by atoms with Crippen molar-refractivity contribution in [3.05, 3.63) is 28.8 Å². The Morgan fingerprint density at radius 2 is 2.38 bits per heavy atom. The third-order valence-corrected chi connectivity index (χ3v) is 2.24. The first-order chi connectivity index (χ1) is 3.93. The van der Waals surface area contributed by atoms with E-state index in [2.05, 4.69) is 4.75 Å². The molecule has 1 aliphatic heterocycles. The van der Waals surface area contributed by atoms with Crippen LogP contribution in [0.3, 0.4) is 0 Å². The van der Waals surface area contributed by atoms with Gasteiger partial charge in [-0.25, -0.2) is 0 Å². The van der Waals surface area contributed by atoms with Crippen molar-refractivity contribution in [1.29, 1.82) is 5.39 Å². The monoisotopic (exact) mass is 125 g/mol. The van der Waals surface area contributed by atoms with Crippen LogP contribution >= 0.6 is 8.07 Å². The minimum absolute atomic E-state index is 0.556. The lowest BCUT2D eigenvalue weighted by molar-refractivity contribution is 1.51. The summed E-state index contributed by atoms with van der Waals surface area (Å²) in [4.78, 5) is 0. The second-order valence-corrected chi connectivity index (χ2v) is 3.20. The fraction of sp³-hybridized carbons (Fsp3) is 0.200. The summed E-state index contributed by atoms with van der Waals surface area (Å²) in [7, 11) is -0.556. The van der Waals surface area contributed by atoms with Crippen LogP contribution in [0, 0.1) is 5.39 Å². The molecule has 8 heavy (non-hydrogen) atoms. The summed E-state index contributed by atoms with van der Waals surface area (Å²) in [5, 5.41) is 8.26. The molecule has 1 heterocycles. The van der Waals surface area contributed by atoms with Gasteiger partial charge in [0.05, 0.1) is 6.16 Å². The van der Waals surface area contributed by atoms with Gasteiger partial charge in [-0.1, -0.05) is 18.2 Å². The van der Waals surface area contributed by atoms with E-state index >= 15 is 0 Å². The molecule has 1 rings (SSSR count). The number of hydrogen-bond acceptors (Lipinski definition) is 1. The standard InChI is InChI=1S/C5H6N2P/c6-7-8-4-2-1-3-5-8/h1-4H,5H2/q+1. The minimum atomic E-state index is -0.556. The first-order valence-corrected chi connectivity index (χ1v) is 3.93. The molecular formula is C5H6N2P+. The van der Waals surface area contributed by atoms with Crippen molar-refractivity contribution in [2.45, 2.75) is 0 Å². The van der Waals surface area contributed by atoms with Crippen LogP contribution in [0.25, 0.3) is 4.75 Å². The first kappa shape index (κ1) is 5.47. The van der Waals surface area contributed by atoms with Gasteiger partial charge in [0, 0.05) is 5.82 Å². The molecule has 0 radical (unpaired) electrons. The zero-order chi connectivity index (χ0) is 5.82. The number of rotatable bonds is 0. The number of diazo groups is 1. The summed E-state index contributed by atoms with van der Waals surface area (Å²) in [5.74, 6) is 1.93. The molecule has 0 N–H and O–H groups in total. The smallest absolute Gasteiger partial charge is 0.0726 e. The van der Waals surface area contributed by atoms with Crippen molar-refractivity contribution < 1.29 is 0 Å². The van der Waals surface area contributed by atoms with Crippen LogP contribution in [0.2, 0.25) is 0 Å². The van der Waals surface area contributed by atoms with E-state index in [0.29, 0.717) is 0 Å². The van der Waals surface area contributed by atoms with E-state index in [4.69, 9.17) is 5.39 Å². The topological polar surface area (TPSA) is 28.1 Å². The average molecular weight is 125 g/mol. The third-order valence-electron chi connectivity index (χ3n) is 0.913. The molecule has 0 bridgehead atoms. The SMILES string of the molecule is N#[N+]P1C=CC=CC1. The molecule has 1 unspecified atom stereocenters. The van der Waals surface area contributed by atoms with Crippen LogP contribution in [0.1, 0.15) is 0 Å². The molecule has 0 fully saturated rings. The van der Waals surface area contributed by atoms with E-state index in [9.17, 15) is 0 Å². The van der Waals surface area contributed by atoms with Crippen molar-refractivity contribution in [2.24, 2.45) is 0 Å². The number of allylic oxidation sites excluding steroid dienone is 3. The van der Waals surface area contributed by atoms with Crippen LogP contribution in [-0.4, -0.2) is 6.16 Å². The molecular weight excluding hydrogens is 119 g/mol. The van der Waals surface area contributed by atoms with E-state index in [0.717, 1.165) is 6.16 Å². The van der Waals surface area contributed by atoms with Gasteiger partial charge in [0.1, 0.15) is 4.75 Å². The molecule has 1 atom stereocenters. The van der Waals surface area contributed by atoms with Crippen molar-refractivity contribution in [2.75, 3.05) is 6.16 Å². The molecule has 2 nitrogen and oxygen atoms in total. The third kappa shape index (κ3) is 1.15. The largest absolute Gasteiger partial charge is 0.406 e. The van der Waals surface area contributed by atoms with E-state index in [1.807, 2.05) is 24.0 Å². The molecule has 0 saturated heterocycles. The highest BCUT2D eigenvalue weighted by molar-refractivity contribution is 7.63. The van der Waals surface area contributed by atoms with Crippen LogP contribution in [0.5, 0.6) is 0 Å². The lowest BCUT2D eigenvalue weighted by atomic mass is 10.5. The van der Waals surface area contributed by atoms with Crippen LogP contribution in [0.4, 0.5) is 0 Å². The summed E-state index contributed by atoms with van der Waals surface area (Å²) in [6, 6.07) is 0. The van der Waals surface area contributed by atoms with E-state index in [1.165, 1.54) is 0 Å². The average Bonchev–Trinajstić information content (AvgIpc) is 1.90. The predicted molar refractivity (Wildman–Crippen MR) is 35.2 cm³/mol. The quantitative estimate of drug-likeness (QED) is 0.360. The van der Waals surface area contributed by atoms with Crippen molar-refractivity contribution in [3.63, 3.8) is 0 Å². The zero-order valence-corrected chi connectivity index (χ0v) is 5.25. The Kier molecular flexibility index (Phi) is 1.77. The molecule has 0 aromatic heterocycles. The highest BCUT2D eigenvalue weighted by atomic mass is 31.1. The van der Waals surface area contributed by atoms with Crippen LogP contribution in [-0.2, 0) is 0 Å². The van der Waals surface area contributed by atoms with E-state index < -0.39 is 8.07 Å². The number of nitrogens with zero attached hydrogens (tertiary/aromatic N) is 2. The number of hydrogen-bond donors (Lipinski definition) is 0. The molecule has 0 amide bonds. The maximum atomic E-state index is 8.26. The summed E-state index contributed by atoms with van der Waals surface area (Å²) in [5.41, 5.74) is 0. The molecule has 0 aromatic rings. The van der Waals surface area contributed by atoms with Gasteiger partial charge >= 0.3 is 8.07 Å². The van der Waals surface area contributed by atoms with Gasteiger partial charge in [-0.05, 0) is 0 Å². The van der Waals surface area contributed by atoms with Gasteiger partial charge < -0.3 is 0 Å². The van der Waals surface area contributed by atoms with E-state index in [-0.39, 0.29) is 0 Å². The predicted octanol–water partition coefficient (Wildman–Crippen LogP) is 2.32. The van der Waals surface area contributed by atoms with Crippen molar-refractivity contribution in [3.8, 4) is 0 Å². The highest BCUT2D eigenvalue weighted by Gasteiger charge is 2.17. The zero-order valence-electron chi connectivity index (χ0n) is 4.36. The molecule has 3 heteroatoms. The molecule has 0 spiro atoms. The highest BCUT2D eigenvalue weighted by Crippen LogP contribution is 2.40. The van der Waals surface area contributed by atoms with Gasteiger partial charge in [-0.3, -0.25) is 0 Å². The Balaban J connectivity index is 2.55. The normalized spacial score (nSPS) is 25.1. The van der Waals surface area contributed by atoms with Crippen LogP contribution in [0.15, 0.2) is 24.0 Å². The Morgan fingerprint density at radius 3 is 2.75 bits per heavy atom. The molecule has 0 aromatic carbocycles. The maximum absolute atomic E-state index is 8.26. The second kappa shape index (κ2) is 2.59. The second-order valence-electron chi connectivity index (χ2n) is 1.48. The van der Waals surface area contributed by atoms with Gasteiger partial charge in [0.25, 0.3) is 0 Å². The van der Waals surface area contributed by atoms with Crippen LogP contribution < -0.4 is 0 Å².